The first-order valence-corrected chi connectivity index (χ1v) is 13.9. The van der Waals surface area contributed by atoms with E-state index in [1.165, 1.54) is 0 Å². The molecule has 0 saturated heterocycles. The van der Waals surface area contributed by atoms with E-state index >= 15 is 0 Å². The molecule has 2 aromatic heterocycles. The Bertz CT molecular complexity index is 2950. The number of hydrogen-bond acceptors (Lipinski definition) is 4. The van der Waals surface area contributed by atoms with Crippen LogP contribution in [0.25, 0.3) is 76.6 Å². The normalized spacial score (nSPS) is 16.1. The molecule has 4 heteroatoms. The Balaban J connectivity index is 1.45. The van der Waals surface area contributed by atoms with Crippen molar-refractivity contribution in [2.24, 2.45) is 0 Å². The van der Waals surface area contributed by atoms with Crippen molar-refractivity contribution in [2.45, 2.75) is 0 Å². The van der Waals surface area contributed by atoms with E-state index in [2.05, 4.69) is 15.0 Å². The molecule has 6 aromatic carbocycles. The molecule has 0 radical (unpaired) electrons. The predicted octanol–water partition coefficient (Wildman–Crippen LogP) is 10.6. The topological polar surface area (TPSA) is 38.7 Å². The van der Waals surface area contributed by atoms with Gasteiger partial charge in [-0.1, -0.05) is 139 Å². The third kappa shape index (κ3) is 4.78. The Hall–Kier alpha value is -5.45. The molecule has 0 aliphatic carbocycles. The quantitative estimate of drug-likeness (QED) is 0.203. The molecule has 0 N–H and O–H groups in total. The lowest BCUT2D eigenvalue weighted by Gasteiger charge is -2.09. The molecule has 0 spiro atoms. The number of thiophene rings is 1. The summed E-state index contributed by atoms with van der Waals surface area (Å²) in [7, 11) is 0. The minimum Gasteiger partial charge on any atom is -0.208 e. The summed E-state index contributed by atoms with van der Waals surface area (Å²) >= 11 is 0.830. The summed E-state index contributed by atoms with van der Waals surface area (Å²) in [5, 5.41) is -0.200. The minimum atomic E-state index is -0.794. The van der Waals surface area contributed by atoms with E-state index in [-0.39, 0.29) is 54.8 Å². The van der Waals surface area contributed by atoms with Crippen molar-refractivity contribution in [1.82, 2.24) is 15.0 Å². The Labute approximate surface area is 274 Å². The Morgan fingerprint density at radius 2 is 1.00 bits per heavy atom. The van der Waals surface area contributed by atoms with Crippen LogP contribution in [0.15, 0.2) is 151 Å². The number of hydrogen-bond donors (Lipinski definition) is 0. The fraction of sp³-hybridized carbons (Fsp3) is 0. The van der Waals surface area contributed by atoms with Gasteiger partial charge in [0, 0.05) is 36.9 Å². The second-order valence-corrected chi connectivity index (χ2v) is 10.3. The second kappa shape index (κ2) is 10.8. The van der Waals surface area contributed by atoms with Crippen molar-refractivity contribution >= 4 is 31.5 Å². The smallest absolute Gasteiger partial charge is 0.164 e. The standard InChI is InChI=1S/C39H25N3S/c1-4-11-26(12-5-1)27-19-21-28(22-20-27)32-17-10-18-34-36(32)33-24-23-31(25-35(33)43-34)39-41-37(29-13-6-2-7-14-29)40-38(42-39)30-15-8-3-9-16-30/h1-25H/i1D,4D,5D,10D,11D,12D,17D,18D,19D,20D,21D,22D,23D,24D,25D. The highest BCUT2D eigenvalue weighted by molar-refractivity contribution is 7.26. The maximum absolute atomic E-state index is 9.45. The van der Waals surface area contributed by atoms with Gasteiger partial charge in [0.25, 0.3) is 0 Å². The molecule has 0 unspecified atom stereocenters. The molecule has 3 nitrogen and oxygen atoms in total. The molecule has 0 aliphatic heterocycles. The van der Waals surface area contributed by atoms with Gasteiger partial charge in [-0.3, -0.25) is 0 Å². The summed E-state index contributed by atoms with van der Waals surface area (Å²) in [5.41, 5.74) is -0.870. The fourth-order valence-electron chi connectivity index (χ4n) is 4.60. The molecular weight excluding hydrogens is 543 g/mol. The van der Waals surface area contributed by atoms with Gasteiger partial charge in [0.15, 0.2) is 17.5 Å². The largest absolute Gasteiger partial charge is 0.208 e. The summed E-state index contributed by atoms with van der Waals surface area (Å²) in [6.07, 6.45) is 0. The van der Waals surface area contributed by atoms with Gasteiger partial charge in [-0.2, -0.15) is 0 Å². The zero-order valence-electron chi connectivity index (χ0n) is 37.0. The van der Waals surface area contributed by atoms with Crippen molar-refractivity contribution in [3.63, 3.8) is 0 Å². The van der Waals surface area contributed by atoms with Gasteiger partial charge < -0.3 is 0 Å². The van der Waals surface area contributed by atoms with Gasteiger partial charge in [0.05, 0.1) is 20.6 Å². The maximum atomic E-state index is 9.45. The van der Waals surface area contributed by atoms with Crippen LogP contribution >= 0.6 is 11.3 Å². The number of rotatable bonds is 5. The fourth-order valence-corrected chi connectivity index (χ4v) is 5.63. The van der Waals surface area contributed by atoms with Crippen LogP contribution in [0.3, 0.4) is 0 Å². The average molecular weight is 583 g/mol. The summed E-state index contributed by atoms with van der Waals surface area (Å²) < 4.78 is 132. The van der Waals surface area contributed by atoms with Gasteiger partial charge in [0.1, 0.15) is 0 Å². The van der Waals surface area contributed by atoms with Gasteiger partial charge in [-0.05, 0) is 34.3 Å². The maximum Gasteiger partial charge on any atom is 0.164 e. The van der Waals surface area contributed by atoms with Gasteiger partial charge in [-0.15, -0.1) is 11.3 Å². The molecule has 202 valence electrons. The molecule has 0 bridgehead atoms. The van der Waals surface area contributed by atoms with Crippen molar-refractivity contribution in [3.8, 4) is 56.4 Å². The minimum absolute atomic E-state index is 0.0123. The van der Waals surface area contributed by atoms with E-state index in [4.69, 9.17) is 16.4 Å². The predicted molar refractivity (Wildman–Crippen MR) is 180 cm³/mol. The molecule has 8 rings (SSSR count). The summed E-state index contributed by atoms with van der Waals surface area (Å²) in [5.74, 6) is 0.414. The zero-order valence-corrected chi connectivity index (χ0v) is 22.8. The summed E-state index contributed by atoms with van der Waals surface area (Å²) in [6.45, 7) is 0. The van der Waals surface area contributed by atoms with Crippen molar-refractivity contribution in [2.75, 3.05) is 0 Å². The van der Waals surface area contributed by atoms with Crippen LogP contribution in [0.2, 0.25) is 0 Å². The van der Waals surface area contributed by atoms with Crippen LogP contribution in [-0.4, -0.2) is 15.0 Å². The van der Waals surface area contributed by atoms with Crippen LogP contribution < -0.4 is 0 Å². The Morgan fingerprint density at radius 1 is 0.442 bits per heavy atom. The van der Waals surface area contributed by atoms with E-state index in [0.29, 0.717) is 11.1 Å². The van der Waals surface area contributed by atoms with Crippen LogP contribution in [0.4, 0.5) is 0 Å². The monoisotopic (exact) mass is 582 g/mol. The van der Waals surface area contributed by atoms with Crippen LogP contribution in [0.1, 0.15) is 20.6 Å². The highest BCUT2D eigenvalue weighted by Gasteiger charge is 2.15. The number of benzene rings is 6. The number of nitrogens with zero attached hydrogens (tertiary/aromatic N) is 3. The van der Waals surface area contributed by atoms with Crippen LogP contribution in [0, 0.1) is 0 Å². The van der Waals surface area contributed by atoms with E-state index in [1.54, 1.807) is 48.5 Å². The lowest BCUT2D eigenvalue weighted by Crippen LogP contribution is -1.99. The molecule has 0 fully saturated rings. The summed E-state index contributed by atoms with van der Waals surface area (Å²) in [6, 6.07) is 8.15. The highest BCUT2D eigenvalue weighted by atomic mass is 32.1. The second-order valence-electron chi connectivity index (χ2n) is 9.30. The third-order valence-electron chi connectivity index (χ3n) is 6.62. The van der Waals surface area contributed by atoms with Gasteiger partial charge >= 0.3 is 0 Å². The molecular formula is C39H25N3S. The zero-order chi connectivity index (χ0) is 41.6. The first-order chi connectivity index (χ1) is 27.6. The molecule has 0 atom stereocenters. The highest BCUT2D eigenvalue weighted by Crippen LogP contribution is 2.41. The van der Waals surface area contributed by atoms with Crippen molar-refractivity contribution < 1.29 is 20.6 Å². The SMILES string of the molecule is [2H]c1c([2H])c([2H])c(-c2c([2H])c([2H])c(-c3c([2H])c([2H])c([2H])c4sc5c([2H])c(-c6nc(-c7ccccc7)nc(-c7ccccc7)n6)c([2H])c([2H])c5c34)c([2H])c2[2H])c([2H])c1[2H]. The van der Waals surface area contributed by atoms with E-state index in [9.17, 15) is 4.11 Å². The first-order valence-electron chi connectivity index (χ1n) is 20.6. The molecule has 0 saturated carbocycles. The number of fused-ring (bicyclic) bond motifs is 3. The molecule has 2 heterocycles. The molecule has 43 heavy (non-hydrogen) atoms. The molecule has 0 amide bonds. The van der Waals surface area contributed by atoms with Crippen molar-refractivity contribution in [1.29, 1.82) is 0 Å². The van der Waals surface area contributed by atoms with E-state index < -0.39 is 101 Å². The van der Waals surface area contributed by atoms with Gasteiger partial charge in [0.2, 0.25) is 0 Å². The Kier molecular flexibility index (Phi) is 3.54. The summed E-state index contributed by atoms with van der Waals surface area (Å²) in [4.78, 5) is 14.0. The van der Waals surface area contributed by atoms with E-state index in [0.717, 1.165) is 11.3 Å². The lowest BCUT2D eigenvalue weighted by atomic mass is 9.97. The van der Waals surface area contributed by atoms with Gasteiger partial charge in [-0.25, -0.2) is 15.0 Å². The van der Waals surface area contributed by atoms with E-state index in [1.807, 2.05) is 12.1 Å². The van der Waals surface area contributed by atoms with Crippen LogP contribution in [0.5, 0.6) is 0 Å². The average Bonchev–Trinajstić information content (AvgIpc) is 3.64. The first kappa shape index (κ1) is 14.1. The third-order valence-corrected chi connectivity index (χ3v) is 7.64. The van der Waals surface area contributed by atoms with Crippen molar-refractivity contribution in [3.05, 3.63) is 151 Å². The number of aromatic nitrogens is 3. The molecule has 8 aromatic rings. The Morgan fingerprint density at radius 3 is 1.65 bits per heavy atom. The lowest BCUT2D eigenvalue weighted by molar-refractivity contribution is 1.07. The molecule has 0 aliphatic rings. The van der Waals surface area contributed by atoms with Crippen LogP contribution in [-0.2, 0) is 0 Å².